The van der Waals surface area contributed by atoms with Crippen molar-refractivity contribution in [3.8, 4) is 0 Å². The summed E-state index contributed by atoms with van der Waals surface area (Å²) in [6.07, 6.45) is 29.3. The quantitative estimate of drug-likeness (QED) is 0.0364. The van der Waals surface area contributed by atoms with Crippen LogP contribution in [0.4, 0.5) is 10.2 Å². The number of imidazole rings is 1. The molecule has 17 heteroatoms. The van der Waals surface area contributed by atoms with Crippen LogP contribution in [0.5, 0.6) is 0 Å². The topological polar surface area (TPSA) is 185 Å². The number of halogens is 1. The number of anilines is 1. The van der Waals surface area contributed by atoms with Gasteiger partial charge in [-0.15, -0.1) is 0 Å². The maximum atomic E-state index is 16.2. The van der Waals surface area contributed by atoms with Crippen molar-refractivity contribution in [2.45, 2.75) is 238 Å². The molecule has 0 radical (unpaired) electrons. The van der Waals surface area contributed by atoms with Crippen molar-refractivity contribution in [1.29, 1.82) is 0 Å². The van der Waals surface area contributed by atoms with Crippen LogP contribution in [0.15, 0.2) is 6.33 Å². The molecule has 0 bridgehead atoms. The Hall–Kier alpha value is -2.75. The van der Waals surface area contributed by atoms with Gasteiger partial charge in [0.05, 0.1) is 39.2 Å². The van der Waals surface area contributed by atoms with Crippen molar-refractivity contribution in [2.24, 2.45) is 5.92 Å². The first-order chi connectivity index (χ1) is 32.7. The van der Waals surface area contributed by atoms with Crippen LogP contribution in [0.1, 0.15) is 219 Å². The number of aliphatic hydroxyl groups is 1. The van der Waals surface area contributed by atoms with Crippen LogP contribution in [0, 0.1) is 12.8 Å². The van der Waals surface area contributed by atoms with E-state index in [0.717, 1.165) is 51.9 Å². The molecule has 15 nitrogen and oxygen atoms in total. The number of esters is 2. The van der Waals surface area contributed by atoms with E-state index in [1.54, 1.807) is 25.9 Å². The molecule has 2 aromatic heterocycles. The molecule has 2 unspecified atom stereocenters. The molecule has 0 aliphatic carbocycles. The van der Waals surface area contributed by atoms with Crippen LogP contribution in [0.25, 0.3) is 11.2 Å². The Morgan fingerprint density at radius 1 is 0.765 bits per heavy atom. The third-order valence-corrected chi connectivity index (χ3v) is 13.9. The van der Waals surface area contributed by atoms with Crippen molar-refractivity contribution < 1.29 is 51.8 Å². The molecule has 0 aromatic carbocycles. The maximum Gasteiger partial charge on any atom is 0.472 e. The molecule has 392 valence electrons. The van der Waals surface area contributed by atoms with Gasteiger partial charge in [-0.1, -0.05) is 174 Å². The Balaban J connectivity index is 1.45. The molecule has 2 N–H and O–H groups in total. The number of ether oxygens (including phenoxy) is 3. The number of aromatic nitrogens is 4. The summed E-state index contributed by atoms with van der Waals surface area (Å²) >= 11 is 0. The second-order valence-corrected chi connectivity index (χ2v) is 21.0. The van der Waals surface area contributed by atoms with Gasteiger partial charge in [-0.3, -0.25) is 23.2 Å². The van der Waals surface area contributed by atoms with Crippen LogP contribution in [0.3, 0.4) is 0 Å². The van der Waals surface area contributed by atoms with Crippen molar-refractivity contribution >= 4 is 36.7 Å². The molecule has 0 spiro atoms. The summed E-state index contributed by atoms with van der Waals surface area (Å²) in [5.41, 5.74) is -1.69. The fraction of sp³-hybridized carbons (Fsp3) is 0.863. The van der Waals surface area contributed by atoms with E-state index in [1.165, 1.54) is 133 Å². The van der Waals surface area contributed by atoms with Gasteiger partial charge in [0.2, 0.25) is 0 Å². The number of unbranched alkanes of at least 4 members (excludes halogenated alkanes) is 25. The number of aryl methyl sites for hydroxylation is 1. The Morgan fingerprint density at radius 2 is 1.26 bits per heavy atom. The van der Waals surface area contributed by atoms with Gasteiger partial charge < -0.3 is 29.1 Å². The molecule has 3 heterocycles. The number of carbonyl (C=O) groups excluding carboxylic acids is 2. The van der Waals surface area contributed by atoms with Crippen molar-refractivity contribution in [3.63, 3.8) is 0 Å². The number of fused-ring (bicyclic) bond motifs is 1. The Bertz CT molecular complexity index is 1730. The zero-order valence-electron chi connectivity index (χ0n) is 42.9. The number of phosphoric ester groups is 1. The van der Waals surface area contributed by atoms with E-state index in [9.17, 15) is 24.2 Å². The lowest BCUT2D eigenvalue weighted by Crippen LogP contribution is -2.40. The average Bonchev–Trinajstić information content (AvgIpc) is 3.81. The number of alkyl halides is 1. The molecule has 1 aliphatic rings. The summed E-state index contributed by atoms with van der Waals surface area (Å²) in [6.45, 7) is 6.19. The minimum Gasteiger partial charge on any atom is -0.466 e. The molecule has 2 aromatic rings. The van der Waals surface area contributed by atoms with Gasteiger partial charge in [0.15, 0.2) is 28.9 Å². The van der Waals surface area contributed by atoms with Crippen LogP contribution < -0.4 is 4.90 Å². The van der Waals surface area contributed by atoms with E-state index in [1.807, 2.05) is 0 Å². The van der Waals surface area contributed by atoms with Crippen molar-refractivity contribution in [3.05, 3.63) is 12.2 Å². The lowest BCUT2D eigenvalue weighted by Gasteiger charge is -2.24. The lowest BCUT2D eigenvalue weighted by atomic mass is 9.98. The molecule has 1 saturated heterocycles. The van der Waals surface area contributed by atoms with Crippen molar-refractivity contribution in [2.75, 3.05) is 45.4 Å². The number of phosphoric acid groups is 1. The van der Waals surface area contributed by atoms with E-state index in [4.69, 9.17) is 23.3 Å². The van der Waals surface area contributed by atoms with E-state index in [2.05, 4.69) is 28.8 Å². The molecule has 1 aliphatic heterocycles. The second kappa shape index (κ2) is 33.8. The second-order valence-electron chi connectivity index (χ2n) is 19.6. The Morgan fingerprint density at radius 3 is 1.78 bits per heavy atom. The first kappa shape index (κ1) is 59.6. The van der Waals surface area contributed by atoms with E-state index < -0.39 is 63.0 Å². The predicted octanol–water partition coefficient (Wildman–Crippen LogP) is 12.4. The number of rotatable bonds is 41. The predicted molar refractivity (Wildman–Crippen MR) is 266 cm³/mol. The summed E-state index contributed by atoms with van der Waals surface area (Å²) in [5.74, 6) is -0.821. The Kier molecular flexibility index (Phi) is 29.6. The van der Waals surface area contributed by atoms with Crippen LogP contribution in [-0.4, -0.2) is 99.9 Å². The minimum atomic E-state index is -4.85. The monoisotopic (exact) mass is 984 g/mol. The first-order valence-electron chi connectivity index (χ1n) is 26.5. The minimum absolute atomic E-state index is 0.214. The van der Waals surface area contributed by atoms with E-state index in [0.29, 0.717) is 23.6 Å². The highest BCUT2D eigenvalue weighted by Gasteiger charge is 2.56. The fourth-order valence-electron chi connectivity index (χ4n) is 8.76. The third kappa shape index (κ3) is 23.0. The van der Waals surface area contributed by atoms with Gasteiger partial charge in [0.25, 0.3) is 0 Å². The third-order valence-electron chi connectivity index (χ3n) is 13.0. The molecule has 0 saturated carbocycles. The largest absolute Gasteiger partial charge is 0.472 e. The first-order valence-corrected chi connectivity index (χ1v) is 28.0. The highest BCUT2D eigenvalue weighted by atomic mass is 31.2. The molecule has 68 heavy (non-hydrogen) atoms. The zero-order valence-corrected chi connectivity index (χ0v) is 43.8. The molecular weight excluding hydrogens is 893 g/mol. The summed E-state index contributed by atoms with van der Waals surface area (Å²) in [5, 5.41) is 11.0. The number of carbonyl (C=O) groups is 2. The number of hydrogen-bond acceptors (Lipinski definition) is 13. The molecule has 1 fully saturated rings. The lowest BCUT2D eigenvalue weighted by molar-refractivity contribution is -0.150. The molecule has 6 atom stereocenters. The maximum absolute atomic E-state index is 16.2. The molecular formula is C51H91FN5O10P. The average molecular weight is 984 g/mol. The molecule has 0 amide bonds. The SMILES string of the molecule is CCCCCCCCCCCCCCCCOC(=O)CC(COC(=O)CCCCCCCCCCCCCCC)COP(=O)(O)OC[C@H]1O[C@@H](n2cnc3c(N(C)C)nc(C)nc32)[C@](C)(F)[C@@H]1O. The smallest absolute Gasteiger partial charge is 0.466 e. The number of aliphatic hydroxyl groups excluding tert-OH is 1. The molecule has 3 rings (SSSR count). The number of nitrogens with zero attached hydrogens (tertiary/aromatic N) is 5. The van der Waals surface area contributed by atoms with Gasteiger partial charge in [0, 0.05) is 26.4 Å². The summed E-state index contributed by atoms with van der Waals surface area (Å²) < 4.78 is 58.3. The van der Waals surface area contributed by atoms with Crippen LogP contribution >= 0.6 is 7.82 Å². The highest BCUT2D eigenvalue weighted by Crippen LogP contribution is 2.47. The zero-order chi connectivity index (χ0) is 49.6. The van der Waals surface area contributed by atoms with Gasteiger partial charge in [-0.25, -0.2) is 23.9 Å². The van der Waals surface area contributed by atoms with Gasteiger partial charge in [-0.05, 0) is 26.7 Å². The standard InChI is InChI=1S/C51H91FN5O10P/c1-7-9-11-13-15-17-19-21-23-25-27-29-31-33-35-63-45(59)36-42(37-64-44(58)34-32-30-28-26-24-22-20-18-16-14-12-10-8-2)38-65-68(61,62)66-39-43-47(60)51(4,52)50(67-43)57-40-53-46-48(56(5)6)54-41(3)55-49(46)57/h40,42-43,47,50,60H,7-39H2,1-6H3,(H,61,62)/t42?,43-,47-,50-,51-/m1/s1. The van der Waals surface area contributed by atoms with Gasteiger partial charge in [0.1, 0.15) is 18.0 Å². The van der Waals surface area contributed by atoms with Gasteiger partial charge >= 0.3 is 19.8 Å². The van der Waals surface area contributed by atoms with Crippen molar-refractivity contribution in [1.82, 2.24) is 19.5 Å². The number of hydrogen-bond donors (Lipinski definition) is 2. The van der Waals surface area contributed by atoms with E-state index >= 15 is 4.39 Å². The Labute approximate surface area is 408 Å². The van der Waals surface area contributed by atoms with Crippen LogP contribution in [0.2, 0.25) is 0 Å². The van der Waals surface area contributed by atoms with E-state index in [-0.39, 0.29) is 31.7 Å². The fourth-order valence-corrected chi connectivity index (χ4v) is 9.57. The van der Waals surface area contributed by atoms with Gasteiger partial charge in [-0.2, -0.15) is 0 Å². The summed E-state index contributed by atoms with van der Waals surface area (Å²) in [7, 11) is -1.26. The summed E-state index contributed by atoms with van der Waals surface area (Å²) in [6, 6.07) is 0. The van der Waals surface area contributed by atoms with Crippen LogP contribution in [-0.2, 0) is 37.4 Å². The normalized spacial score (nSPS) is 19.6. The highest BCUT2D eigenvalue weighted by molar-refractivity contribution is 7.47. The summed E-state index contributed by atoms with van der Waals surface area (Å²) in [4.78, 5) is 51.4.